The van der Waals surface area contributed by atoms with Crippen LogP contribution in [0.3, 0.4) is 0 Å². The number of Topliss-reactive ketones (excluding diaryl/α,β-unsaturated/α-hetero) is 1. The SMILES string of the molecule is CCOC(=O)C(C(=O)OCC)C(=O)c1cc(C)c(C)cc1[N+](=O)[O-]. The summed E-state index contributed by atoms with van der Waals surface area (Å²) in [6, 6.07) is 2.52. The lowest BCUT2D eigenvalue weighted by atomic mass is 9.93. The number of nitro groups is 1. The van der Waals surface area contributed by atoms with Gasteiger partial charge in [0.15, 0.2) is 5.78 Å². The van der Waals surface area contributed by atoms with Gasteiger partial charge in [-0.05, 0) is 44.9 Å². The highest BCUT2D eigenvalue weighted by atomic mass is 16.6. The van der Waals surface area contributed by atoms with Gasteiger partial charge in [0.05, 0.1) is 23.7 Å². The molecule has 0 spiro atoms. The van der Waals surface area contributed by atoms with Crippen LogP contribution >= 0.6 is 0 Å². The first-order valence-corrected chi connectivity index (χ1v) is 7.37. The molecule has 0 aliphatic carbocycles. The Balaban J connectivity index is 3.42. The molecule has 24 heavy (non-hydrogen) atoms. The van der Waals surface area contributed by atoms with Crippen molar-refractivity contribution in [2.45, 2.75) is 27.7 Å². The van der Waals surface area contributed by atoms with Gasteiger partial charge in [0.1, 0.15) is 0 Å². The molecule has 1 aromatic carbocycles. The Morgan fingerprint density at radius 1 is 1.04 bits per heavy atom. The lowest BCUT2D eigenvalue weighted by molar-refractivity contribution is -0.385. The molecule has 8 heteroatoms. The van der Waals surface area contributed by atoms with Crippen LogP contribution in [0.2, 0.25) is 0 Å². The predicted octanol–water partition coefficient (Wildman–Crippen LogP) is 2.14. The Bertz CT molecular complexity index is 663. The topological polar surface area (TPSA) is 113 Å². The maximum absolute atomic E-state index is 12.7. The first-order valence-electron chi connectivity index (χ1n) is 7.37. The minimum atomic E-state index is -1.88. The second-order valence-corrected chi connectivity index (χ2v) is 5.01. The number of nitro benzene ring substituents is 1. The van der Waals surface area contributed by atoms with Crippen molar-refractivity contribution in [2.24, 2.45) is 5.92 Å². The standard InChI is InChI=1S/C16H19NO7/c1-5-23-15(19)13(16(20)24-6-2)14(18)11-7-9(3)10(4)8-12(11)17(21)22/h7-8,13H,5-6H2,1-4H3. The van der Waals surface area contributed by atoms with Crippen LogP contribution in [-0.4, -0.2) is 35.9 Å². The molecule has 0 heterocycles. The summed E-state index contributed by atoms with van der Waals surface area (Å²) >= 11 is 0. The number of esters is 2. The lowest BCUT2D eigenvalue weighted by Gasteiger charge is -2.14. The minimum Gasteiger partial charge on any atom is -0.465 e. The third-order valence-electron chi connectivity index (χ3n) is 3.38. The van der Waals surface area contributed by atoms with Crippen LogP contribution in [0, 0.1) is 29.9 Å². The fraction of sp³-hybridized carbons (Fsp3) is 0.438. The van der Waals surface area contributed by atoms with Gasteiger partial charge in [-0.3, -0.25) is 24.5 Å². The molecule has 130 valence electrons. The molecule has 0 saturated heterocycles. The Morgan fingerprint density at radius 3 is 1.92 bits per heavy atom. The molecule has 0 fully saturated rings. The maximum Gasteiger partial charge on any atom is 0.328 e. The highest BCUT2D eigenvalue weighted by molar-refractivity contribution is 6.22. The molecule has 0 unspecified atom stereocenters. The normalized spacial score (nSPS) is 10.4. The molecule has 8 nitrogen and oxygen atoms in total. The quantitative estimate of drug-likeness (QED) is 0.246. The van der Waals surface area contributed by atoms with Gasteiger partial charge in [0.25, 0.3) is 5.69 Å². The summed E-state index contributed by atoms with van der Waals surface area (Å²) in [5.41, 5.74) is 0.438. The maximum atomic E-state index is 12.7. The van der Waals surface area contributed by atoms with Crippen LogP contribution in [-0.2, 0) is 19.1 Å². The number of benzene rings is 1. The zero-order valence-electron chi connectivity index (χ0n) is 14.0. The molecule has 1 aromatic rings. The predicted molar refractivity (Wildman–Crippen MR) is 83.7 cm³/mol. The number of carbonyl (C=O) groups excluding carboxylic acids is 3. The summed E-state index contributed by atoms with van der Waals surface area (Å²) in [4.78, 5) is 47.1. The van der Waals surface area contributed by atoms with Gasteiger partial charge in [0, 0.05) is 6.07 Å². The van der Waals surface area contributed by atoms with Crippen molar-refractivity contribution in [3.05, 3.63) is 38.9 Å². The Labute approximate surface area is 138 Å². The van der Waals surface area contributed by atoms with Crippen molar-refractivity contribution < 1.29 is 28.8 Å². The number of nitrogens with zero attached hydrogens (tertiary/aromatic N) is 1. The van der Waals surface area contributed by atoms with E-state index in [2.05, 4.69) is 0 Å². The molecule has 0 atom stereocenters. The van der Waals surface area contributed by atoms with E-state index in [1.54, 1.807) is 13.8 Å². The molecule has 0 N–H and O–H groups in total. The molecule has 0 aliphatic heterocycles. The van der Waals surface area contributed by atoms with E-state index in [0.717, 1.165) is 0 Å². The number of aryl methyl sites for hydroxylation is 2. The first-order chi connectivity index (χ1) is 11.2. The molecule has 0 aromatic heterocycles. The van der Waals surface area contributed by atoms with Crippen molar-refractivity contribution in [1.29, 1.82) is 0 Å². The minimum absolute atomic E-state index is 0.0446. The molecule has 0 amide bonds. The average Bonchev–Trinajstić information content (AvgIpc) is 2.49. The van der Waals surface area contributed by atoms with E-state index in [-0.39, 0.29) is 18.8 Å². The summed E-state index contributed by atoms with van der Waals surface area (Å²) in [5.74, 6) is -5.07. The van der Waals surface area contributed by atoms with Gasteiger partial charge < -0.3 is 9.47 Å². The van der Waals surface area contributed by atoms with Gasteiger partial charge in [-0.15, -0.1) is 0 Å². The molecular weight excluding hydrogens is 318 g/mol. The van der Waals surface area contributed by atoms with Gasteiger partial charge >= 0.3 is 11.9 Å². The second-order valence-electron chi connectivity index (χ2n) is 5.01. The highest BCUT2D eigenvalue weighted by Crippen LogP contribution is 2.26. The molecule has 0 saturated carbocycles. The molecule has 0 aliphatic rings. The zero-order valence-corrected chi connectivity index (χ0v) is 14.0. The lowest BCUT2D eigenvalue weighted by Crippen LogP contribution is -2.35. The van der Waals surface area contributed by atoms with E-state index in [0.29, 0.717) is 11.1 Å². The zero-order chi connectivity index (χ0) is 18.4. The van der Waals surface area contributed by atoms with Crippen LogP contribution < -0.4 is 0 Å². The Hall–Kier alpha value is -2.77. The second kappa shape index (κ2) is 8.19. The summed E-state index contributed by atoms with van der Waals surface area (Å²) in [6.07, 6.45) is 0. The van der Waals surface area contributed by atoms with E-state index in [1.807, 2.05) is 0 Å². The number of hydrogen-bond donors (Lipinski definition) is 0. The fourth-order valence-electron chi connectivity index (χ4n) is 2.07. The smallest absolute Gasteiger partial charge is 0.328 e. The van der Waals surface area contributed by atoms with Gasteiger partial charge in [0.2, 0.25) is 5.92 Å². The van der Waals surface area contributed by atoms with Gasteiger partial charge in [-0.25, -0.2) is 0 Å². The Morgan fingerprint density at radius 2 is 1.50 bits per heavy atom. The van der Waals surface area contributed by atoms with Crippen LogP contribution in [0.25, 0.3) is 0 Å². The summed E-state index contributed by atoms with van der Waals surface area (Å²) in [7, 11) is 0. The van der Waals surface area contributed by atoms with Crippen molar-refractivity contribution in [3.63, 3.8) is 0 Å². The van der Waals surface area contributed by atoms with Crippen LogP contribution in [0.15, 0.2) is 12.1 Å². The third-order valence-corrected chi connectivity index (χ3v) is 3.38. The fourth-order valence-corrected chi connectivity index (χ4v) is 2.07. The summed E-state index contributed by atoms with van der Waals surface area (Å²) in [5, 5.41) is 11.2. The van der Waals surface area contributed by atoms with E-state index in [4.69, 9.17) is 9.47 Å². The highest BCUT2D eigenvalue weighted by Gasteiger charge is 2.40. The van der Waals surface area contributed by atoms with Crippen LogP contribution in [0.4, 0.5) is 5.69 Å². The van der Waals surface area contributed by atoms with E-state index in [1.165, 1.54) is 26.0 Å². The molecule has 0 radical (unpaired) electrons. The van der Waals surface area contributed by atoms with E-state index >= 15 is 0 Å². The third kappa shape index (κ3) is 4.15. The number of ketones is 1. The summed E-state index contributed by atoms with van der Waals surface area (Å²) in [6.45, 7) is 6.27. The molecule has 1 rings (SSSR count). The number of rotatable bonds is 7. The number of ether oxygens (including phenoxy) is 2. The molecule has 0 bridgehead atoms. The van der Waals surface area contributed by atoms with Gasteiger partial charge in [-0.1, -0.05) is 0 Å². The van der Waals surface area contributed by atoms with Gasteiger partial charge in [-0.2, -0.15) is 0 Å². The van der Waals surface area contributed by atoms with Crippen LogP contribution in [0.1, 0.15) is 35.3 Å². The van der Waals surface area contributed by atoms with Crippen molar-refractivity contribution in [3.8, 4) is 0 Å². The largest absolute Gasteiger partial charge is 0.465 e. The van der Waals surface area contributed by atoms with Crippen molar-refractivity contribution in [2.75, 3.05) is 13.2 Å². The monoisotopic (exact) mass is 337 g/mol. The average molecular weight is 337 g/mol. The van der Waals surface area contributed by atoms with Crippen molar-refractivity contribution in [1.82, 2.24) is 0 Å². The Kier molecular flexibility index (Phi) is 6.58. The molecular formula is C16H19NO7. The van der Waals surface area contributed by atoms with E-state index < -0.39 is 34.3 Å². The first kappa shape index (κ1) is 19.3. The summed E-state index contributed by atoms with van der Waals surface area (Å²) < 4.78 is 9.48. The number of hydrogen-bond acceptors (Lipinski definition) is 7. The van der Waals surface area contributed by atoms with E-state index in [9.17, 15) is 24.5 Å². The van der Waals surface area contributed by atoms with Crippen molar-refractivity contribution >= 4 is 23.4 Å². The number of carbonyl (C=O) groups is 3. The van der Waals surface area contributed by atoms with Crippen LogP contribution in [0.5, 0.6) is 0 Å².